The maximum Gasteiger partial charge on any atom is 0.0465 e. The molecule has 0 unspecified atom stereocenters. The Hall–Kier alpha value is -12.0. The van der Waals surface area contributed by atoms with Gasteiger partial charge in [0.15, 0.2) is 0 Å². The number of thiophene rings is 2. The molecule has 0 saturated heterocycles. The summed E-state index contributed by atoms with van der Waals surface area (Å²) in [5, 5.41) is 8.80. The Morgan fingerprint density at radius 3 is 1.00 bits per heavy atom. The number of fused-ring (bicyclic) bond motifs is 12. The van der Waals surface area contributed by atoms with E-state index in [1.54, 1.807) is 0 Å². The van der Waals surface area contributed by atoms with Crippen molar-refractivity contribution in [2.45, 2.75) is 38.5 Å². The van der Waals surface area contributed by atoms with Crippen molar-refractivity contribution < 1.29 is 0 Å². The molecule has 2 nitrogen and oxygen atoms in total. The second-order valence-corrected chi connectivity index (χ2v) is 32.1. The highest BCUT2D eigenvalue weighted by molar-refractivity contribution is 9.10. The van der Waals surface area contributed by atoms with Gasteiger partial charge in [-0.1, -0.05) is 298 Å². The first kappa shape index (κ1) is 67.0. The van der Waals surface area contributed by atoms with Crippen molar-refractivity contribution in [2.24, 2.45) is 0 Å². The zero-order valence-electron chi connectivity index (χ0n) is 59.9. The summed E-state index contributed by atoms with van der Waals surface area (Å²) in [4.78, 5) is 2.38. The number of nitrogens with zero attached hydrogens (tertiary/aromatic N) is 1. The number of hydrogen-bond acceptors (Lipinski definition) is 4. The minimum Gasteiger partial charge on any atom is -0.356 e. The first-order valence-corrected chi connectivity index (χ1v) is 39.1. The van der Waals surface area contributed by atoms with E-state index in [-0.39, 0.29) is 10.8 Å². The third-order valence-corrected chi connectivity index (χ3v) is 24.5. The van der Waals surface area contributed by atoms with Gasteiger partial charge in [-0.15, -0.1) is 22.7 Å². The molecule has 0 atom stereocenters. The molecule has 20 rings (SSSR count). The summed E-state index contributed by atoms with van der Waals surface area (Å²) in [5.41, 5.74) is 31.3. The summed E-state index contributed by atoms with van der Waals surface area (Å²) in [6.07, 6.45) is 0. The molecule has 2 aliphatic carbocycles. The fraction of sp³-hybridized carbons (Fsp3) is 0.0588. The first-order chi connectivity index (χ1) is 52.4. The lowest BCUT2D eigenvalue weighted by atomic mass is 9.81. The highest BCUT2D eigenvalue weighted by Crippen LogP contribution is 2.54. The van der Waals surface area contributed by atoms with Crippen molar-refractivity contribution in [3.05, 3.63) is 403 Å². The van der Waals surface area contributed by atoms with Crippen molar-refractivity contribution in [3.8, 4) is 89.0 Å². The molecule has 512 valence electrons. The molecule has 2 aromatic heterocycles. The molecule has 0 fully saturated rings. The highest BCUT2D eigenvalue weighted by Gasteiger charge is 2.38. The van der Waals surface area contributed by atoms with Crippen molar-refractivity contribution >= 4 is 107 Å². The van der Waals surface area contributed by atoms with Crippen LogP contribution < -0.4 is 10.2 Å². The normalized spacial score (nSPS) is 12.7. The van der Waals surface area contributed by atoms with Crippen LogP contribution in [0.5, 0.6) is 0 Å². The van der Waals surface area contributed by atoms with Gasteiger partial charge in [0.25, 0.3) is 0 Å². The molecule has 1 N–H and O–H groups in total. The van der Waals surface area contributed by atoms with E-state index in [1.165, 1.54) is 152 Å². The molecule has 0 saturated carbocycles. The summed E-state index contributed by atoms with van der Waals surface area (Å²) < 4.78 is 6.54. The number of halogens is 1. The zero-order valence-corrected chi connectivity index (χ0v) is 63.2. The molecular formula is C102H75BrN2S2. The summed E-state index contributed by atoms with van der Waals surface area (Å²) in [7, 11) is 0. The van der Waals surface area contributed by atoms with E-state index in [0.29, 0.717) is 0 Å². The van der Waals surface area contributed by atoms with Gasteiger partial charge in [-0.3, -0.25) is 0 Å². The van der Waals surface area contributed by atoms with Crippen LogP contribution in [0.4, 0.5) is 28.4 Å². The van der Waals surface area contributed by atoms with E-state index in [1.807, 2.05) is 46.9 Å². The van der Waals surface area contributed by atoms with Gasteiger partial charge >= 0.3 is 0 Å². The first-order valence-electron chi connectivity index (χ1n) is 36.7. The molecule has 5 heteroatoms. The van der Waals surface area contributed by atoms with Gasteiger partial charge in [0.2, 0.25) is 0 Å². The van der Waals surface area contributed by atoms with Crippen molar-refractivity contribution in [3.63, 3.8) is 0 Å². The van der Waals surface area contributed by atoms with Crippen LogP contribution in [-0.2, 0) is 10.8 Å². The van der Waals surface area contributed by atoms with Gasteiger partial charge in [-0.2, -0.15) is 0 Å². The van der Waals surface area contributed by atoms with E-state index >= 15 is 0 Å². The fourth-order valence-electron chi connectivity index (χ4n) is 16.0. The molecule has 2 heterocycles. The third-order valence-electron chi connectivity index (χ3n) is 21.7. The average Bonchev–Trinajstić information content (AvgIpc) is 1.58. The summed E-state index contributed by atoms with van der Waals surface area (Å²) in [5.74, 6) is 0. The van der Waals surface area contributed by atoms with Gasteiger partial charge < -0.3 is 10.2 Å². The second-order valence-electron chi connectivity index (χ2n) is 29.0. The Morgan fingerprint density at radius 2 is 0.533 bits per heavy atom. The molecule has 16 aromatic carbocycles. The largest absolute Gasteiger partial charge is 0.356 e. The van der Waals surface area contributed by atoms with Crippen LogP contribution in [0.2, 0.25) is 0 Å². The average molecular weight is 1470 g/mol. The second kappa shape index (κ2) is 28.2. The molecule has 107 heavy (non-hydrogen) atoms. The summed E-state index contributed by atoms with van der Waals surface area (Å²) in [6.45, 7) is 9.43. The Balaban J connectivity index is 0.000000126. The van der Waals surface area contributed by atoms with Crippen LogP contribution >= 0.6 is 38.6 Å². The van der Waals surface area contributed by atoms with E-state index in [4.69, 9.17) is 0 Å². The number of anilines is 5. The maximum absolute atomic E-state index is 3.65. The zero-order chi connectivity index (χ0) is 72.2. The fourth-order valence-corrected chi connectivity index (χ4v) is 18.5. The van der Waals surface area contributed by atoms with Crippen molar-refractivity contribution in [1.82, 2.24) is 0 Å². The number of hydrogen-bond donors (Lipinski definition) is 1. The van der Waals surface area contributed by atoms with Crippen LogP contribution in [0.1, 0.15) is 49.9 Å². The van der Waals surface area contributed by atoms with Gasteiger partial charge in [0.05, 0.1) is 0 Å². The molecule has 0 radical (unpaired) electrons. The number of para-hydroxylation sites is 2. The lowest BCUT2D eigenvalue weighted by molar-refractivity contribution is 0.660. The van der Waals surface area contributed by atoms with Crippen LogP contribution in [-0.4, -0.2) is 0 Å². The Kier molecular flexibility index (Phi) is 17.6. The van der Waals surface area contributed by atoms with E-state index in [0.717, 1.165) is 32.9 Å². The topological polar surface area (TPSA) is 15.3 Å². The number of benzene rings is 16. The van der Waals surface area contributed by atoms with Crippen molar-refractivity contribution in [1.29, 1.82) is 0 Å². The Morgan fingerprint density at radius 1 is 0.234 bits per heavy atom. The predicted octanol–water partition coefficient (Wildman–Crippen LogP) is 30.4. The number of rotatable bonds is 11. The lowest BCUT2D eigenvalue weighted by Crippen LogP contribution is -2.16. The Bertz CT molecular complexity index is 6300. The van der Waals surface area contributed by atoms with E-state index in [9.17, 15) is 0 Å². The molecule has 0 aliphatic heterocycles. The summed E-state index contributed by atoms with van der Waals surface area (Å²) >= 11 is 7.40. The smallest absolute Gasteiger partial charge is 0.0465 e. The molecule has 0 amide bonds. The minimum absolute atomic E-state index is 0.00361. The van der Waals surface area contributed by atoms with Crippen LogP contribution in [0.25, 0.3) is 129 Å². The SMILES string of the molecule is CC1(C)c2cc(-c3ccc4sc5ccccc5c4c3)ccc2-c2ccc(N(c3ccccc3)c3ccc(-c4ccc(-c5ccccc5)cc4)cc3)cc21.CC1(C)c2cc(Br)ccc2-c2ccc(-c3ccc4sc5ccccc5c4c3)cc21.c1ccc(Nc2ccc(-c3ccc(-c4ccccc4)cc3)cc2)cc1. The van der Waals surface area contributed by atoms with Crippen LogP contribution in [0, 0.1) is 0 Å². The monoisotopic (exact) mass is 1470 g/mol. The molecule has 2 aliphatic rings. The van der Waals surface area contributed by atoms with Gasteiger partial charge in [0, 0.05) is 84.1 Å². The lowest BCUT2D eigenvalue weighted by Gasteiger charge is -2.28. The van der Waals surface area contributed by atoms with Gasteiger partial charge in [0.1, 0.15) is 0 Å². The molecule has 18 aromatic rings. The van der Waals surface area contributed by atoms with E-state index < -0.39 is 0 Å². The molecular weight excluding hydrogens is 1400 g/mol. The molecule has 0 spiro atoms. The van der Waals surface area contributed by atoms with E-state index in [2.05, 4.69) is 406 Å². The Labute approximate surface area is 643 Å². The summed E-state index contributed by atoms with van der Waals surface area (Å²) in [6, 6.07) is 136. The molecule has 0 bridgehead atoms. The van der Waals surface area contributed by atoms with Gasteiger partial charge in [-0.05, 0) is 233 Å². The van der Waals surface area contributed by atoms with Crippen molar-refractivity contribution in [2.75, 3.05) is 10.2 Å². The minimum atomic E-state index is -0.159. The quantitative estimate of drug-likeness (QED) is 0.139. The van der Waals surface area contributed by atoms with Crippen LogP contribution in [0.15, 0.2) is 381 Å². The third kappa shape index (κ3) is 12.9. The predicted molar refractivity (Wildman–Crippen MR) is 465 cm³/mol. The van der Waals surface area contributed by atoms with Gasteiger partial charge in [-0.25, -0.2) is 0 Å². The highest BCUT2D eigenvalue weighted by atomic mass is 79.9. The van der Waals surface area contributed by atoms with Crippen LogP contribution in [0.3, 0.4) is 0 Å². The maximum atomic E-state index is 3.65. The standard InChI is InChI=1S/C51H37NS.C27H19BrS.C24H19N/c1-51(2)47-32-39(38-24-30-50-46(31-38)45-15-9-10-16-49(45)53-50)23-28-43(47)44-29-27-42(33-48(44)51)52(40-13-7-4-8-14-40)41-25-21-37(22-26-41)36-19-17-35(18-20-36)34-11-5-3-6-12-34;1-27(2)23-14-17(7-10-19(23)20-11-9-18(28)15-24(20)27)16-8-12-26-22(13-16)21-5-3-4-6-25(21)29-26;1-3-7-19(8-4-1)20-11-13-21(14-12-20)22-15-17-24(18-16-22)25-23-9-5-2-6-10-23/h3-33H,1-2H3;3-15H,1-2H3;1-18,25H. The number of nitrogens with one attached hydrogen (secondary N) is 1.